The van der Waals surface area contributed by atoms with Gasteiger partial charge in [-0.1, -0.05) is 6.07 Å². The van der Waals surface area contributed by atoms with Crippen LogP contribution in [0.15, 0.2) is 23.1 Å². The SMILES string of the molecule is O=C1Cc2c(cccc2S(=O)(=O)Cl)N1. The Balaban J connectivity index is 2.67. The van der Waals surface area contributed by atoms with Gasteiger partial charge in [0, 0.05) is 21.9 Å². The lowest BCUT2D eigenvalue weighted by Gasteiger charge is -2.02. The van der Waals surface area contributed by atoms with Crippen molar-refractivity contribution >= 4 is 31.3 Å². The Morgan fingerprint density at radius 3 is 2.71 bits per heavy atom. The molecule has 1 aliphatic heterocycles. The number of amides is 1. The van der Waals surface area contributed by atoms with Gasteiger partial charge >= 0.3 is 0 Å². The highest BCUT2D eigenvalue weighted by molar-refractivity contribution is 8.13. The molecule has 0 saturated carbocycles. The molecule has 74 valence electrons. The maximum Gasteiger partial charge on any atom is 0.261 e. The molecule has 2 rings (SSSR count). The second-order valence-electron chi connectivity index (χ2n) is 2.95. The third-order valence-electron chi connectivity index (χ3n) is 2.01. The largest absolute Gasteiger partial charge is 0.325 e. The van der Waals surface area contributed by atoms with Gasteiger partial charge in [0.2, 0.25) is 5.91 Å². The molecule has 4 nitrogen and oxygen atoms in total. The van der Waals surface area contributed by atoms with E-state index in [9.17, 15) is 13.2 Å². The molecule has 1 aromatic rings. The molecule has 1 aliphatic rings. The van der Waals surface area contributed by atoms with E-state index in [2.05, 4.69) is 5.32 Å². The monoisotopic (exact) mass is 231 g/mol. The van der Waals surface area contributed by atoms with Crippen LogP contribution in [0.5, 0.6) is 0 Å². The topological polar surface area (TPSA) is 63.2 Å². The molecule has 0 fully saturated rings. The van der Waals surface area contributed by atoms with Crippen LogP contribution in [0.3, 0.4) is 0 Å². The van der Waals surface area contributed by atoms with Crippen LogP contribution in [0.4, 0.5) is 5.69 Å². The Morgan fingerprint density at radius 2 is 2.07 bits per heavy atom. The highest BCUT2D eigenvalue weighted by Crippen LogP contribution is 2.30. The third kappa shape index (κ3) is 1.49. The Bertz CT molecular complexity index is 509. The smallest absolute Gasteiger partial charge is 0.261 e. The lowest BCUT2D eigenvalue weighted by atomic mass is 10.2. The average Bonchev–Trinajstić information content (AvgIpc) is 2.41. The number of carbonyl (C=O) groups is 1. The minimum atomic E-state index is -3.77. The van der Waals surface area contributed by atoms with Gasteiger partial charge in [-0.15, -0.1) is 0 Å². The van der Waals surface area contributed by atoms with E-state index in [1.165, 1.54) is 6.07 Å². The van der Waals surface area contributed by atoms with Crippen LogP contribution in [-0.4, -0.2) is 14.3 Å². The fourth-order valence-electron chi connectivity index (χ4n) is 1.45. The standard InChI is InChI=1S/C8H6ClNO3S/c9-14(12,13)7-3-1-2-6-5(7)4-8(11)10-6/h1-3H,4H2,(H,10,11). The number of carbonyl (C=O) groups excluding carboxylic acids is 1. The van der Waals surface area contributed by atoms with Gasteiger partial charge in [-0.25, -0.2) is 8.42 Å². The normalized spacial score (nSPS) is 15.1. The summed E-state index contributed by atoms with van der Waals surface area (Å²) in [7, 11) is 1.45. The third-order valence-corrected chi connectivity index (χ3v) is 3.41. The second kappa shape index (κ2) is 2.96. The van der Waals surface area contributed by atoms with Gasteiger partial charge in [0.25, 0.3) is 9.05 Å². The Hall–Kier alpha value is -1.07. The molecule has 0 aliphatic carbocycles. The van der Waals surface area contributed by atoms with E-state index in [0.29, 0.717) is 11.3 Å². The molecule has 0 saturated heterocycles. The molecule has 0 bridgehead atoms. The molecule has 1 N–H and O–H groups in total. The lowest BCUT2D eigenvalue weighted by molar-refractivity contribution is -0.115. The number of rotatable bonds is 1. The summed E-state index contributed by atoms with van der Waals surface area (Å²) in [6, 6.07) is 4.58. The second-order valence-corrected chi connectivity index (χ2v) is 5.48. The van der Waals surface area contributed by atoms with Crippen molar-refractivity contribution in [1.29, 1.82) is 0 Å². The van der Waals surface area contributed by atoms with Gasteiger partial charge < -0.3 is 5.32 Å². The number of fused-ring (bicyclic) bond motifs is 1. The summed E-state index contributed by atoms with van der Waals surface area (Å²) < 4.78 is 22.3. The Morgan fingerprint density at radius 1 is 1.36 bits per heavy atom. The van der Waals surface area contributed by atoms with Crippen LogP contribution < -0.4 is 5.32 Å². The van der Waals surface area contributed by atoms with E-state index in [1.54, 1.807) is 12.1 Å². The molecule has 1 amide bonds. The van der Waals surface area contributed by atoms with Gasteiger partial charge in [0.15, 0.2) is 0 Å². The van der Waals surface area contributed by atoms with Crippen molar-refractivity contribution in [1.82, 2.24) is 0 Å². The van der Waals surface area contributed by atoms with Crippen molar-refractivity contribution in [3.05, 3.63) is 23.8 Å². The van der Waals surface area contributed by atoms with Gasteiger partial charge in [-0.2, -0.15) is 0 Å². The molecule has 0 unspecified atom stereocenters. The zero-order chi connectivity index (χ0) is 10.3. The summed E-state index contributed by atoms with van der Waals surface area (Å²) in [4.78, 5) is 11.0. The number of anilines is 1. The van der Waals surface area contributed by atoms with E-state index in [-0.39, 0.29) is 17.2 Å². The van der Waals surface area contributed by atoms with Crippen molar-refractivity contribution in [3.8, 4) is 0 Å². The Kier molecular flexibility index (Phi) is 2.01. The fraction of sp³-hybridized carbons (Fsp3) is 0.125. The zero-order valence-corrected chi connectivity index (χ0v) is 8.52. The highest BCUT2D eigenvalue weighted by atomic mass is 35.7. The van der Waals surface area contributed by atoms with E-state index in [4.69, 9.17) is 10.7 Å². The molecule has 0 spiro atoms. The molecule has 0 radical (unpaired) electrons. The summed E-state index contributed by atoms with van der Waals surface area (Å²) in [5, 5.41) is 2.55. The van der Waals surface area contributed by atoms with Crippen LogP contribution in [0.1, 0.15) is 5.56 Å². The van der Waals surface area contributed by atoms with Crippen molar-refractivity contribution in [2.24, 2.45) is 0 Å². The summed E-state index contributed by atoms with van der Waals surface area (Å²) in [6.45, 7) is 0. The molecule has 0 atom stereocenters. The first kappa shape index (κ1) is 9.48. The maximum atomic E-state index is 11.1. The molecule has 1 aromatic carbocycles. The predicted molar refractivity (Wildman–Crippen MR) is 51.8 cm³/mol. The van der Waals surface area contributed by atoms with Crippen LogP contribution in [0.25, 0.3) is 0 Å². The number of hydrogen-bond acceptors (Lipinski definition) is 3. The van der Waals surface area contributed by atoms with Crippen LogP contribution in [0, 0.1) is 0 Å². The molecular formula is C8H6ClNO3S. The maximum absolute atomic E-state index is 11.1. The van der Waals surface area contributed by atoms with Crippen molar-refractivity contribution in [3.63, 3.8) is 0 Å². The summed E-state index contributed by atoms with van der Waals surface area (Å²) in [6.07, 6.45) is 0.0669. The van der Waals surface area contributed by atoms with Crippen LogP contribution in [0.2, 0.25) is 0 Å². The van der Waals surface area contributed by atoms with Crippen molar-refractivity contribution in [2.75, 3.05) is 5.32 Å². The first-order valence-electron chi connectivity index (χ1n) is 3.85. The minimum Gasteiger partial charge on any atom is -0.325 e. The average molecular weight is 232 g/mol. The molecule has 14 heavy (non-hydrogen) atoms. The van der Waals surface area contributed by atoms with Gasteiger partial charge in [-0.3, -0.25) is 4.79 Å². The van der Waals surface area contributed by atoms with E-state index < -0.39 is 9.05 Å². The van der Waals surface area contributed by atoms with Crippen LogP contribution >= 0.6 is 10.7 Å². The fourth-order valence-corrected chi connectivity index (χ4v) is 2.60. The first-order chi connectivity index (χ1) is 6.48. The lowest BCUT2D eigenvalue weighted by Crippen LogP contribution is -2.03. The summed E-state index contributed by atoms with van der Waals surface area (Å²) >= 11 is 0. The Labute approximate surface area is 85.3 Å². The van der Waals surface area contributed by atoms with Gasteiger partial charge in [0.05, 0.1) is 11.3 Å². The molecular weight excluding hydrogens is 226 g/mol. The number of nitrogens with one attached hydrogen (secondary N) is 1. The molecule has 0 aromatic heterocycles. The summed E-state index contributed by atoms with van der Waals surface area (Å²) in [5.74, 6) is -0.215. The van der Waals surface area contributed by atoms with Gasteiger partial charge in [-0.05, 0) is 12.1 Å². The van der Waals surface area contributed by atoms with Crippen molar-refractivity contribution < 1.29 is 13.2 Å². The molecule has 6 heteroatoms. The molecule has 1 heterocycles. The first-order valence-corrected chi connectivity index (χ1v) is 6.16. The van der Waals surface area contributed by atoms with E-state index in [0.717, 1.165) is 0 Å². The summed E-state index contributed by atoms with van der Waals surface area (Å²) in [5.41, 5.74) is 0.976. The number of benzene rings is 1. The highest BCUT2D eigenvalue weighted by Gasteiger charge is 2.25. The van der Waals surface area contributed by atoms with E-state index >= 15 is 0 Å². The predicted octanol–water partition coefficient (Wildman–Crippen LogP) is 1.11. The quantitative estimate of drug-likeness (QED) is 0.737. The van der Waals surface area contributed by atoms with E-state index in [1.807, 2.05) is 0 Å². The number of hydrogen-bond donors (Lipinski definition) is 1. The van der Waals surface area contributed by atoms with Gasteiger partial charge in [0.1, 0.15) is 0 Å². The van der Waals surface area contributed by atoms with Crippen molar-refractivity contribution in [2.45, 2.75) is 11.3 Å². The van der Waals surface area contributed by atoms with Crippen LogP contribution in [-0.2, 0) is 20.3 Å². The minimum absolute atomic E-state index is 0.00927. The number of halogens is 1. The zero-order valence-electron chi connectivity index (χ0n) is 6.95.